The van der Waals surface area contributed by atoms with E-state index in [1.807, 2.05) is 0 Å². The molecule has 4 atom stereocenters. The van der Waals surface area contributed by atoms with Gasteiger partial charge in [-0.1, -0.05) is 37.3 Å². The average Bonchev–Trinajstić information content (AvgIpc) is 3.18. The van der Waals surface area contributed by atoms with E-state index in [1.54, 1.807) is 59.6 Å². The Morgan fingerprint density at radius 2 is 1.43 bits per heavy atom. The second kappa shape index (κ2) is 17.4. The van der Waals surface area contributed by atoms with Crippen molar-refractivity contribution in [3.05, 3.63) is 76.3 Å². The summed E-state index contributed by atoms with van der Waals surface area (Å²) in [5.41, 5.74) is 6.17. The van der Waals surface area contributed by atoms with Crippen LogP contribution in [0.4, 0.5) is 5.69 Å². The van der Waals surface area contributed by atoms with Crippen molar-refractivity contribution < 1.29 is 33.3 Å². The Hall–Kier alpha value is -4.00. The molecule has 3 aliphatic rings. The van der Waals surface area contributed by atoms with Gasteiger partial charge in [-0.15, -0.1) is 0 Å². The number of nitrogens with one attached hydrogen (secondary N) is 1. The number of esters is 1. The average molecular weight is 762 g/mol. The molecule has 6 rings (SSSR count). The molecular formula is C41H51N3O7S2. The van der Waals surface area contributed by atoms with Crippen LogP contribution < -0.4 is 24.3 Å². The molecule has 0 aliphatic carbocycles. The van der Waals surface area contributed by atoms with Crippen LogP contribution in [0.2, 0.25) is 0 Å². The largest absolute Gasteiger partial charge is 0.493 e. The number of fused-ring (bicyclic) bond motifs is 4. The third-order valence-corrected chi connectivity index (χ3v) is 12.5. The number of benzene rings is 3. The van der Waals surface area contributed by atoms with Gasteiger partial charge in [0.2, 0.25) is 5.91 Å². The molecule has 12 heteroatoms. The minimum absolute atomic E-state index is 0.0103. The van der Waals surface area contributed by atoms with Gasteiger partial charge in [0.1, 0.15) is 4.32 Å². The zero-order valence-electron chi connectivity index (χ0n) is 31.6. The first-order chi connectivity index (χ1) is 25.7. The highest BCUT2D eigenvalue weighted by Crippen LogP contribution is 2.49. The Morgan fingerprint density at radius 3 is 2.06 bits per heavy atom. The number of hydrogen-bond donors (Lipinski definition) is 1. The number of thiocarbonyl (C=S) groups is 1. The lowest BCUT2D eigenvalue weighted by atomic mass is 9.72. The molecule has 0 spiro atoms. The number of ether oxygens (including phenoxy) is 5. The van der Waals surface area contributed by atoms with Gasteiger partial charge in [-0.05, 0) is 115 Å². The summed E-state index contributed by atoms with van der Waals surface area (Å²) in [7, 11) is 6.75. The van der Waals surface area contributed by atoms with E-state index in [1.165, 1.54) is 34.0 Å². The molecule has 0 radical (unpaired) electrons. The first-order valence-corrected chi connectivity index (χ1v) is 19.8. The molecule has 1 amide bonds. The van der Waals surface area contributed by atoms with Crippen LogP contribution in [0, 0.1) is 11.8 Å². The van der Waals surface area contributed by atoms with Crippen LogP contribution in [-0.4, -0.2) is 86.4 Å². The van der Waals surface area contributed by atoms with Crippen LogP contribution in [0.15, 0.2) is 48.5 Å². The van der Waals surface area contributed by atoms with Gasteiger partial charge >= 0.3 is 5.97 Å². The van der Waals surface area contributed by atoms with Crippen molar-refractivity contribution in [2.45, 2.75) is 58.0 Å². The zero-order chi connectivity index (χ0) is 37.6. The quantitative estimate of drug-likeness (QED) is 0.147. The second-order valence-corrected chi connectivity index (χ2v) is 15.4. The van der Waals surface area contributed by atoms with Gasteiger partial charge in [0.25, 0.3) is 0 Å². The zero-order valence-corrected chi connectivity index (χ0v) is 33.2. The number of carbonyl (C=O) groups excluding carboxylic acids is 2. The van der Waals surface area contributed by atoms with Crippen molar-refractivity contribution in [3.8, 4) is 23.0 Å². The fourth-order valence-corrected chi connectivity index (χ4v) is 9.46. The first kappa shape index (κ1) is 38.7. The maximum absolute atomic E-state index is 13.1. The van der Waals surface area contributed by atoms with Crippen molar-refractivity contribution >= 4 is 45.9 Å². The third-order valence-electron chi connectivity index (χ3n) is 11.1. The van der Waals surface area contributed by atoms with E-state index in [-0.39, 0.29) is 23.7 Å². The molecular weight excluding hydrogens is 711 g/mol. The fraction of sp³-hybridized carbons (Fsp3) is 0.488. The third kappa shape index (κ3) is 8.39. The van der Waals surface area contributed by atoms with Crippen molar-refractivity contribution in [2.75, 3.05) is 65.7 Å². The lowest BCUT2D eigenvalue weighted by Crippen LogP contribution is -2.47. The highest BCUT2D eigenvalue weighted by Gasteiger charge is 2.42. The van der Waals surface area contributed by atoms with Crippen LogP contribution in [0.3, 0.4) is 0 Å². The summed E-state index contributed by atoms with van der Waals surface area (Å²) >= 11 is 7.52. The number of piperidine rings is 1. The number of carbonyl (C=O) groups is 2. The number of amides is 1. The van der Waals surface area contributed by atoms with E-state index >= 15 is 0 Å². The maximum atomic E-state index is 13.1. The van der Waals surface area contributed by atoms with E-state index < -0.39 is 0 Å². The maximum Gasteiger partial charge on any atom is 0.338 e. The topological polar surface area (TPSA) is 98.8 Å². The predicted octanol–water partition coefficient (Wildman–Crippen LogP) is 7.49. The summed E-state index contributed by atoms with van der Waals surface area (Å²) in [5, 5.41) is 2.94. The molecule has 0 bridgehead atoms. The number of thioether (sulfide) groups is 1. The van der Waals surface area contributed by atoms with Gasteiger partial charge in [-0.3, -0.25) is 9.69 Å². The highest BCUT2D eigenvalue weighted by molar-refractivity contribution is 8.23. The molecule has 3 heterocycles. The van der Waals surface area contributed by atoms with Crippen molar-refractivity contribution in [3.63, 3.8) is 0 Å². The standard InChI is InChI=1S/C41H51N3O7S2/c1-7-25-23-43-15-13-27-19-35(47-3)37(49-5)21-31(27)33(43)17-29(25)18-34-32-22-38(50-6)36(48-4)20-28(32)14-16-44(34)41(52)53-24-39(45)42-30-11-9-26(10-12-30)40(46)51-8-2/h9-12,19-22,25,29,33-34H,7-8,13-18,23-24H2,1-6H3,(H,42,45)/t25-,29+,33-,34+/m0/s1. The van der Waals surface area contributed by atoms with E-state index in [4.69, 9.17) is 35.9 Å². The summed E-state index contributed by atoms with van der Waals surface area (Å²) in [6, 6.07) is 15.6. The molecule has 10 nitrogen and oxygen atoms in total. The molecule has 1 N–H and O–H groups in total. The summed E-state index contributed by atoms with van der Waals surface area (Å²) in [5.74, 6) is 3.56. The molecule has 3 aromatic rings. The Morgan fingerprint density at radius 1 is 0.830 bits per heavy atom. The molecule has 0 saturated carbocycles. The van der Waals surface area contributed by atoms with Crippen LogP contribution in [0.1, 0.15) is 77.8 Å². The summed E-state index contributed by atoms with van der Waals surface area (Å²) < 4.78 is 28.7. The van der Waals surface area contributed by atoms with Gasteiger partial charge in [0.15, 0.2) is 23.0 Å². The number of methoxy groups -OCH3 is 4. The van der Waals surface area contributed by atoms with Crippen LogP contribution >= 0.6 is 24.0 Å². The minimum Gasteiger partial charge on any atom is -0.493 e. The van der Waals surface area contributed by atoms with E-state index in [9.17, 15) is 9.59 Å². The Labute approximate surface area is 322 Å². The van der Waals surface area contributed by atoms with Crippen molar-refractivity contribution in [2.24, 2.45) is 11.8 Å². The van der Waals surface area contributed by atoms with Crippen molar-refractivity contribution in [1.82, 2.24) is 9.80 Å². The van der Waals surface area contributed by atoms with Crippen LogP contribution in [-0.2, 0) is 22.4 Å². The smallest absolute Gasteiger partial charge is 0.338 e. The van der Waals surface area contributed by atoms with Gasteiger partial charge in [-0.2, -0.15) is 0 Å². The second-order valence-electron chi connectivity index (χ2n) is 13.8. The molecule has 1 fully saturated rings. The lowest BCUT2D eigenvalue weighted by Gasteiger charge is -2.49. The predicted molar refractivity (Wildman–Crippen MR) is 213 cm³/mol. The first-order valence-electron chi connectivity index (χ1n) is 18.5. The molecule has 0 aromatic heterocycles. The van der Waals surface area contributed by atoms with Crippen LogP contribution in [0.25, 0.3) is 0 Å². The normalized spacial score (nSPS) is 20.7. The lowest BCUT2D eigenvalue weighted by molar-refractivity contribution is -0.113. The van der Waals surface area contributed by atoms with E-state index in [0.717, 1.165) is 69.0 Å². The Balaban J connectivity index is 1.23. The van der Waals surface area contributed by atoms with Gasteiger partial charge in [0.05, 0.1) is 52.4 Å². The van der Waals surface area contributed by atoms with Gasteiger partial charge < -0.3 is 33.9 Å². The number of anilines is 1. The Kier molecular flexibility index (Phi) is 12.7. The molecule has 1 saturated heterocycles. The van der Waals surface area contributed by atoms with E-state index in [0.29, 0.717) is 45.8 Å². The van der Waals surface area contributed by atoms with Gasteiger partial charge in [-0.25, -0.2) is 4.79 Å². The van der Waals surface area contributed by atoms with Gasteiger partial charge in [0, 0.05) is 31.4 Å². The molecule has 53 heavy (non-hydrogen) atoms. The fourth-order valence-electron chi connectivity index (χ4n) is 8.35. The molecule has 3 aromatic carbocycles. The number of nitrogens with zero attached hydrogens (tertiary/aromatic N) is 2. The summed E-state index contributed by atoms with van der Waals surface area (Å²) in [6.07, 6.45) is 4.85. The SMILES string of the molecule is CCOC(=O)c1ccc(NC(=O)CSC(=S)N2CCc3cc(OC)c(OC)cc3[C@H]2C[C@H]2C[C@H]3c4cc(OC)c(OC)cc4CCN3C[C@@H]2CC)cc1. The minimum atomic E-state index is -0.389. The molecule has 0 unspecified atom stereocenters. The van der Waals surface area contributed by atoms with Crippen molar-refractivity contribution in [1.29, 1.82) is 0 Å². The summed E-state index contributed by atoms with van der Waals surface area (Å²) in [6.45, 7) is 7.21. The number of hydrogen-bond acceptors (Lipinski definition) is 10. The van der Waals surface area contributed by atoms with Crippen LogP contribution in [0.5, 0.6) is 23.0 Å². The van der Waals surface area contributed by atoms with E-state index in [2.05, 4.69) is 46.3 Å². The summed E-state index contributed by atoms with van der Waals surface area (Å²) in [4.78, 5) is 30.2. The molecule has 284 valence electrons. The molecule has 3 aliphatic heterocycles. The monoisotopic (exact) mass is 761 g/mol. The number of rotatable bonds is 12. The highest BCUT2D eigenvalue weighted by atomic mass is 32.2. The Bertz CT molecular complexity index is 1800.